The number of benzene rings is 1. The predicted octanol–water partition coefficient (Wildman–Crippen LogP) is 3.66. The maximum Gasteiger partial charge on any atom is 0.329 e. The number of thioether (sulfide) groups is 1. The van der Waals surface area contributed by atoms with E-state index >= 15 is 0 Å². The molecule has 2 rings (SSSR count). The van der Waals surface area contributed by atoms with Crippen molar-refractivity contribution in [1.29, 1.82) is 0 Å². The van der Waals surface area contributed by atoms with E-state index in [4.69, 9.17) is 9.84 Å². The molecule has 0 spiro atoms. The summed E-state index contributed by atoms with van der Waals surface area (Å²) in [6.45, 7) is 4.19. The molecule has 1 N–H and O–H groups in total. The van der Waals surface area contributed by atoms with Crippen LogP contribution in [0.25, 0.3) is 0 Å². The number of hydrogen-bond donors (Lipinski definition) is 1. The van der Waals surface area contributed by atoms with Crippen molar-refractivity contribution in [1.82, 2.24) is 4.31 Å². The molecule has 0 radical (unpaired) electrons. The monoisotopic (exact) mass is 443 g/mol. The van der Waals surface area contributed by atoms with Gasteiger partial charge in [-0.2, -0.15) is 4.31 Å². The molecule has 1 unspecified atom stereocenters. The van der Waals surface area contributed by atoms with Crippen molar-refractivity contribution in [3.05, 3.63) is 52.7 Å². The van der Waals surface area contributed by atoms with E-state index in [1.54, 1.807) is 11.8 Å². The van der Waals surface area contributed by atoms with Crippen molar-refractivity contribution >= 4 is 27.8 Å². The average Bonchev–Trinajstić information content (AvgIpc) is 2.67. The molecule has 9 heteroatoms. The van der Waals surface area contributed by atoms with Gasteiger partial charge in [0.1, 0.15) is 12.4 Å². The van der Waals surface area contributed by atoms with Crippen LogP contribution in [0, 0.1) is 5.82 Å². The van der Waals surface area contributed by atoms with Crippen LogP contribution in [0.1, 0.15) is 26.7 Å². The Balaban J connectivity index is 1.94. The summed E-state index contributed by atoms with van der Waals surface area (Å²) < 4.78 is 45.6. The predicted molar refractivity (Wildman–Crippen MR) is 112 cm³/mol. The molecule has 1 aliphatic rings. The van der Waals surface area contributed by atoms with E-state index in [0.29, 0.717) is 31.7 Å². The summed E-state index contributed by atoms with van der Waals surface area (Å²) in [7, 11) is -3.68. The van der Waals surface area contributed by atoms with Crippen LogP contribution in [0.2, 0.25) is 0 Å². The van der Waals surface area contributed by atoms with E-state index in [1.807, 2.05) is 26.0 Å². The third-order valence-electron chi connectivity index (χ3n) is 4.35. The Morgan fingerprint density at radius 2 is 2.00 bits per heavy atom. The molecule has 0 bridgehead atoms. The van der Waals surface area contributed by atoms with Gasteiger partial charge in [-0.05, 0) is 55.7 Å². The van der Waals surface area contributed by atoms with Gasteiger partial charge in [0.2, 0.25) is 10.0 Å². The quantitative estimate of drug-likeness (QED) is 0.562. The summed E-state index contributed by atoms with van der Waals surface area (Å²) in [5.41, 5.74) is 0.945. The highest BCUT2D eigenvalue weighted by Crippen LogP contribution is 2.28. The maximum absolute atomic E-state index is 13.1. The van der Waals surface area contributed by atoms with Crippen LogP contribution in [0.5, 0.6) is 0 Å². The minimum Gasteiger partial charge on any atom is -0.480 e. The fourth-order valence-electron chi connectivity index (χ4n) is 2.88. The van der Waals surface area contributed by atoms with Crippen molar-refractivity contribution in [3.8, 4) is 0 Å². The van der Waals surface area contributed by atoms with Crippen molar-refractivity contribution in [3.63, 3.8) is 0 Å². The maximum atomic E-state index is 13.1. The van der Waals surface area contributed by atoms with Gasteiger partial charge in [0.25, 0.3) is 0 Å². The lowest BCUT2D eigenvalue weighted by Crippen LogP contribution is -2.33. The Kier molecular flexibility index (Phi) is 8.88. The average molecular weight is 444 g/mol. The first-order valence-electron chi connectivity index (χ1n) is 9.34. The number of nitrogens with zero attached hydrogens (tertiary/aromatic N) is 1. The molecule has 0 fully saturated rings. The molecule has 1 aliphatic carbocycles. The Bertz CT molecular complexity index is 865. The van der Waals surface area contributed by atoms with E-state index in [9.17, 15) is 17.6 Å². The molecule has 6 nitrogen and oxygen atoms in total. The fraction of sp³-hybridized carbons (Fsp3) is 0.450. The van der Waals surface area contributed by atoms with Crippen LogP contribution >= 0.6 is 11.8 Å². The highest BCUT2D eigenvalue weighted by Gasteiger charge is 2.24. The van der Waals surface area contributed by atoms with Gasteiger partial charge < -0.3 is 9.84 Å². The van der Waals surface area contributed by atoms with Gasteiger partial charge in [-0.15, -0.1) is 11.8 Å². The Hall–Kier alpha value is -1.68. The molecule has 1 aromatic carbocycles. The van der Waals surface area contributed by atoms with E-state index in [-0.39, 0.29) is 17.6 Å². The topological polar surface area (TPSA) is 83.9 Å². The molecule has 1 aromatic rings. The molecule has 0 aliphatic heterocycles. The van der Waals surface area contributed by atoms with Gasteiger partial charge in [-0.1, -0.05) is 13.0 Å². The lowest BCUT2D eigenvalue weighted by Gasteiger charge is -2.23. The highest BCUT2D eigenvalue weighted by atomic mass is 32.2. The molecular formula is C20H26FNO5S2. The number of carboxylic acids is 1. The number of carbonyl (C=O) groups is 1. The zero-order valence-electron chi connectivity index (χ0n) is 16.5. The second-order valence-corrected chi connectivity index (χ2v) is 9.74. The summed E-state index contributed by atoms with van der Waals surface area (Å²) >= 11 is 1.54. The first-order valence-corrected chi connectivity index (χ1v) is 11.8. The minimum absolute atomic E-state index is 0.0865. The molecular weight excluding hydrogens is 417 g/mol. The first-order chi connectivity index (χ1) is 13.7. The minimum atomic E-state index is -3.68. The SMILES string of the molecule is CCCN(CCSC1=CCC(OCC(=O)O)C(C)=C1)S(=O)(=O)c1ccc(F)cc1. The van der Waals surface area contributed by atoms with Gasteiger partial charge in [0, 0.05) is 23.7 Å². The summed E-state index contributed by atoms with van der Waals surface area (Å²) in [4.78, 5) is 11.7. The zero-order chi connectivity index (χ0) is 21.4. The Labute approximate surface area is 175 Å². The van der Waals surface area contributed by atoms with Gasteiger partial charge in [0.05, 0.1) is 11.0 Å². The van der Waals surface area contributed by atoms with Crippen molar-refractivity contribution in [2.24, 2.45) is 0 Å². The summed E-state index contributed by atoms with van der Waals surface area (Å²) in [6, 6.07) is 4.87. The lowest BCUT2D eigenvalue weighted by atomic mass is 10.0. The summed E-state index contributed by atoms with van der Waals surface area (Å²) in [5.74, 6) is -0.907. The number of ether oxygens (including phenoxy) is 1. The number of allylic oxidation sites excluding steroid dienone is 1. The second kappa shape index (κ2) is 10.9. The van der Waals surface area contributed by atoms with E-state index in [0.717, 1.165) is 22.6 Å². The molecule has 1 atom stereocenters. The molecule has 0 heterocycles. The standard InChI is InChI=1S/C20H26FNO5S2/c1-3-10-22(29(25,26)18-7-4-16(21)5-8-18)11-12-28-17-6-9-19(15(2)13-17)27-14-20(23)24/h4-8,13,19H,3,9-12,14H2,1-2H3,(H,23,24). The van der Waals surface area contributed by atoms with Crippen molar-refractivity contribution in [2.45, 2.75) is 37.7 Å². The highest BCUT2D eigenvalue weighted by molar-refractivity contribution is 8.03. The van der Waals surface area contributed by atoms with Crippen LogP contribution in [0.4, 0.5) is 4.39 Å². The zero-order valence-corrected chi connectivity index (χ0v) is 18.1. The molecule has 0 aromatic heterocycles. The molecule has 160 valence electrons. The van der Waals surface area contributed by atoms with Gasteiger partial charge in [0.15, 0.2) is 0 Å². The normalized spacial score (nSPS) is 17.2. The smallest absolute Gasteiger partial charge is 0.329 e. The fourth-order valence-corrected chi connectivity index (χ4v) is 5.56. The number of aliphatic carboxylic acids is 1. The summed E-state index contributed by atoms with van der Waals surface area (Å²) in [6.07, 6.45) is 4.94. The molecule has 0 amide bonds. The number of hydrogen-bond acceptors (Lipinski definition) is 5. The third-order valence-corrected chi connectivity index (χ3v) is 7.27. The Morgan fingerprint density at radius 1 is 1.31 bits per heavy atom. The number of sulfonamides is 1. The summed E-state index contributed by atoms with van der Waals surface area (Å²) in [5, 5.41) is 8.72. The first kappa shape index (κ1) is 23.6. The van der Waals surface area contributed by atoms with Gasteiger partial charge in [-0.3, -0.25) is 0 Å². The van der Waals surface area contributed by atoms with E-state index in [1.165, 1.54) is 16.4 Å². The second-order valence-electron chi connectivity index (χ2n) is 6.63. The van der Waals surface area contributed by atoms with Crippen molar-refractivity contribution < 1.29 is 27.4 Å². The van der Waals surface area contributed by atoms with Gasteiger partial charge >= 0.3 is 5.97 Å². The van der Waals surface area contributed by atoms with Crippen LogP contribution in [0.3, 0.4) is 0 Å². The molecule has 0 saturated carbocycles. The van der Waals surface area contributed by atoms with Crippen LogP contribution < -0.4 is 0 Å². The van der Waals surface area contributed by atoms with Gasteiger partial charge in [-0.25, -0.2) is 17.6 Å². The van der Waals surface area contributed by atoms with Crippen LogP contribution in [0.15, 0.2) is 51.8 Å². The van der Waals surface area contributed by atoms with Crippen LogP contribution in [-0.4, -0.2) is 55.4 Å². The number of carboxylic acid groups (broad SMARTS) is 1. The lowest BCUT2D eigenvalue weighted by molar-refractivity contribution is -0.143. The van der Waals surface area contributed by atoms with E-state index < -0.39 is 21.8 Å². The third kappa shape index (κ3) is 6.95. The molecule has 29 heavy (non-hydrogen) atoms. The van der Waals surface area contributed by atoms with E-state index in [2.05, 4.69) is 0 Å². The van der Waals surface area contributed by atoms with Crippen LogP contribution in [-0.2, 0) is 19.6 Å². The molecule has 0 saturated heterocycles. The number of halogens is 1. The van der Waals surface area contributed by atoms with Crippen molar-refractivity contribution in [2.75, 3.05) is 25.4 Å². The largest absolute Gasteiger partial charge is 0.480 e. The Morgan fingerprint density at radius 3 is 2.59 bits per heavy atom. The number of rotatable bonds is 11.